The number of piperidine rings is 1. The molecule has 2 nitrogen and oxygen atoms in total. The van der Waals surface area contributed by atoms with Crippen molar-refractivity contribution in [1.82, 2.24) is 0 Å². The van der Waals surface area contributed by atoms with Gasteiger partial charge in [-0.3, -0.25) is 0 Å². The lowest BCUT2D eigenvalue weighted by Gasteiger charge is -2.35. The van der Waals surface area contributed by atoms with Crippen molar-refractivity contribution >= 4 is 20.2 Å². The number of rotatable bonds is 2. The number of hydrogen-bond donors (Lipinski definition) is 1. The van der Waals surface area contributed by atoms with E-state index in [1.54, 1.807) is 12.1 Å². The fourth-order valence-electron chi connectivity index (χ4n) is 2.59. The average molecular weight is 252 g/mol. The summed E-state index contributed by atoms with van der Waals surface area (Å²) in [6.07, 6.45) is 2.43. The monoisotopic (exact) mass is 252 g/mol. The van der Waals surface area contributed by atoms with Gasteiger partial charge in [0.05, 0.1) is 5.69 Å². The van der Waals surface area contributed by atoms with E-state index in [0.29, 0.717) is 11.4 Å². The maximum atomic E-state index is 13.8. The van der Waals surface area contributed by atoms with Crippen molar-refractivity contribution in [3.8, 4) is 0 Å². The highest BCUT2D eigenvalue weighted by Crippen LogP contribution is 2.30. The number of benzene rings is 1. The highest BCUT2D eigenvalue weighted by Gasteiger charge is 2.23. The summed E-state index contributed by atoms with van der Waals surface area (Å²) in [7, 11) is -0.534. The molecule has 1 aliphatic heterocycles. The van der Waals surface area contributed by atoms with Crippen LogP contribution < -0.4 is 10.6 Å². The van der Waals surface area contributed by atoms with E-state index in [2.05, 4.69) is 18.0 Å². The highest BCUT2D eigenvalue weighted by molar-refractivity contribution is 6.57. The summed E-state index contributed by atoms with van der Waals surface area (Å²) in [6, 6.07) is 5.00. The molecule has 1 heterocycles. The van der Waals surface area contributed by atoms with Gasteiger partial charge in [-0.2, -0.15) is 0 Å². The van der Waals surface area contributed by atoms with E-state index in [4.69, 9.17) is 5.73 Å². The average Bonchev–Trinajstić information content (AvgIpc) is 2.29. The van der Waals surface area contributed by atoms with Gasteiger partial charge in [-0.1, -0.05) is 13.1 Å². The van der Waals surface area contributed by atoms with Crippen molar-refractivity contribution in [3.05, 3.63) is 24.0 Å². The Balaban J connectivity index is 2.05. The van der Waals surface area contributed by atoms with Crippen LogP contribution in [0.1, 0.15) is 12.8 Å². The Labute approximate surface area is 104 Å². The zero-order valence-electron chi connectivity index (χ0n) is 10.6. The Bertz CT molecular complexity index is 387. The summed E-state index contributed by atoms with van der Waals surface area (Å²) >= 11 is 0. The largest absolute Gasteiger partial charge is 0.399 e. The van der Waals surface area contributed by atoms with Crippen LogP contribution in [-0.4, -0.2) is 21.9 Å². The van der Waals surface area contributed by atoms with E-state index in [1.165, 1.54) is 18.9 Å². The third-order valence-corrected chi connectivity index (χ3v) is 6.35. The Morgan fingerprint density at radius 2 is 1.94 bits per heavy atom. The third-order valence-electron chi connectivity index (χ3n) is 3.79. The first-order valence-electron chi connectivity index (χ1n) is 6.38. The normalized spacial score (nSPS) is 17.8. The molecule has 2 N–H and O–H groups in total. The van der Waals surface area contributed by atoms with Crippen LogP contribution in [-0.2, 0) is 0 Å². The summed E-state index contributed by atoms with van der Waals surface area (Å²) in [5, 5.41) is 0. The summed E-state index contributed by atoms with van der Waals surface area (Å²) < 4.78 is 13.8. The molecule has 1 aromatic carbocycles. The molecule has 1 fully saturated rings. The Morgan fingerprint density at radius 1 is 1.29 bits per heavy atom. The van der Waals surface area contributed by atoms with Crippen LogP contribution in [0.4, 0.5) is 15.8 Å². The minimum atomic E-state index is -0.534. The summed E-state index contributed by atoms with van der Waals surface area (Å²) in [5.74, 6) is -0.190. The lowest BCUT2D eigenvalue weighted by atomic mass is 10.1. The van der Waals surface area contributed by atoms with Crippen LogP contribution in [0.3, 0.4) is 0 Å². The zero-order chi connectivity index (χ0) is 12.4. The number of nitrogens with two attached hydrogens (primary N) is 1. The smallest absolute Gasteiger partial charge is 0.148 e. The Morgan fingerprint density at radius 3 is 2.47 bits per heavy atom. The molecule has 0 radical (unpaired) electrons. The fraction of sp³-hybridized carbons (Fsp3) is 0.538. The van der Waals surface area contributed by atoms with E-state index >= 15 is 0 Å². The maximum absolute atomic E-state index is 13.8. The van der Waals surface area contributed by atoms with Gasteiger partial charge < -0.3 is 10.6 Å². The van der Waals surface area contributed by atoms with E-state index in [1.807, 2.05) is 0 Å². The van der Waals surface area contributed by atoms with Gasteiger partial charge >= 0.3 is 0 Å². The minimum absolute atomic E-state index is 0.190. The molecule has 1 aliphatic rings. The Kier molecular flexibility index (Phi) is 3.71. The van der Waals surface area contributed by atoms with Gasteiger partial charge in [0.1, 0.15) is 5.82 Å². The van der Waals surface area contributed by atoms with Crippen molar-refractivity contribution in [2.45, 2.75) is 31.5 Å². The second-order valence-electron chi connectivity index (χ2n) is 5.28. The topological polar surface area (TPSA) is 29.3 Å². The molecule has 0 spiro atoms. The predicted molar refractivity (Wildman–Crippen MR) is 74.9 cm³/mol. The van der Waals surface area contributed by atoms with Crippen LogP contribution in [0.25, 0.3) is 0 Å². The highest BCUT2D eigenvalue weighted by atomic mass is 28.3. The molecule has 1 saturated heterocycles. The van der Waals surface area contributed by atoms with Gasteiger partial charge in [0.2, 0.25) is 0 Å². The van der Waals surface area contributed by atoms with Gasteiger partial charge in [0.15, 0.2) is 0 Å². The summed E-state index contributed by atoms with van der Waals surface area (Å²) in [6.45, 7) is 6.78. The minimum Gasteiger partial charge on any atom is -0.399 e. The number of nitrogen functional groups attached to an aromatic ring is 1. The molecule has 2 rings (SSSR count). The van der Waals surface area contributed by atoms with Crippen LogP contribution in [0.5, 0.6) is 0 Å². The van der Waals surface area contributed by atoms with E-state index in [9.17, 15) is 4.39 Å². The van der Waals surface area contributed by atoms with Crippen molar-refractivity contribution < 1.29 is 4.39 Å². The molecule has 0 bridgehead atoms. The molecule has 17 heavy (non-hydrogen) atoms. The lowest BCUT2D eigenvalue weighted by molar-refractivity contribution is 0.551. The first-order chi connectivity index (χ1) is 8.08. The molecule has 1 aromatic rings. The Hall–Kier alpha value is -1.03. The van der Waals surface area contributed by atoms with Crippen LogP contribution in [0, 0.1) is 5.82 Å². The van der Waals surface area contributed by atoms with Crippen molar-refractivity contribution in [2.24, 2.45) is 0 Å². The molecular weight excluding hydrogens is 231 g/mol. The standard InChI is InChI=1S/C13H21FN2Si/c1-17(2)11-5-7-16(8-6-11)13-4-3-10(15)9-12(13)14/h3-4,9,11,17H,5-8,15H2,1-2H3. The third kappa shape index (κ3) is 2.80. The van der Waals surface area contributed by atoms with Crippen LogP contribution >= 0.6 is 0 Å². The second-order valence-corrected chi connectivity index (χ2v) is 8.71. The molecule has 0 atom stereocenters. The number of halogens is 1. The lowest BCUT2D eigenvalue weighted by Crippen LogP contribution is -2.35. The maximum Gasteiger partial charge on any atom is 0.148 e. The number of hydrogen-bond acceptors (Lipinski definition) is 2. The van der Waals surface area contributed by atoms with Gasteiger partial charge in [-0.05, 0) is 36.6 Å². The first kappa shape index (κ1) is 12.4. The van der Waals surface area contributed by atoms with E-state index in [0.717, 1.165) is 18.6 Å². The summed E-state index contributed by atoms with van der Waals surface area (Å²) in [5.41, 5.74) is 7.69. The van der Waals surface area contributed by atoms with Gasteiger partial charge in [0.25, 0.3) is 0 Å². The number of nitrogens with zero attached hydrogens (tertiary/aromatic N) is 1. The zero-order valence-corrected chi connectivity index (χ0v) is 11.8. The van der Waals surface area contributed by atoms with Gasteiger partial charge in [-0.15, -0.1) is 0 Å². The van der Waals surface area contributed by atoms with Crippen molar-refractivity contribution in [1.29, 1.82) is 0 Å². The quantitative estimate of drug-likeness (QED) is 0.648. The molecular formula is C13H21FN2Si. The molecule has 0 aromatic heterocycles. The second kappa shape index (κ2) is 5.08. The molecule has 0 amide bonds. The number of anilines is 2. The molecule has 0 saturated carbocycles. The summed E-state index contributed by atoms with van der Waals surface area (Å²) in [4.78, 5) is 2.15. The molecule has 94 valence electrons. The van der Waals surface area contributed by atoms with Crippen molar-refractivity contribution in [2.75, 3.05) is 23.7 Å². The molecule has 0 unspecified atom stereocenters. The van der Waals surface area contributed by atoms with E-state index < -0.39 is 8.80 Å². The van der Waals surface area contributed by atoms with Gasteiger partial charge in [0, 0.05) is 27.6 Å². The predicted octanol–water partition coefficient (Wildman–Crippen LogP) is 2.87. The first-order valence-corrected chi connectivity index (χ1v) is 9.35. The van der Waals surface area contributed by atoms with Crippen LogP contribution in [0.15, 0.2) is 18.2 Å². The van der Waals surface area contributed by atoms with Gasteiger partial charge in [-0.25, -0.2) is 4.39 Å². The van der Waals surface area contributed by atoms with E-state index in [-0.39, 0.29) is 5.82 Å². The molecule has 0 aliphatic carbocycles. The fourth-order valence-corrected chi connectivity index (χ4v) is 4.22. The molecule has 4 heteroatoms. The SMILES string of the molecule is C[SiH](C)C1CCN(c2ccc(N)cc2F)CC1. The van der Waals surface area contributed by atoms with Crippen molar-refractivity contribution in [3.63, 3.8) is 0 Å². The van der Waals surface area contributed by atoms with Crippen LogP contribution in [0.2, 0.25) is 18.6 Å².